The van der Waals surface area contributed by atoms with Crippen molar-refractivity contribution < 1.29 is 0 Å². The van der Waals surface area contributed by atoms with Gasteiger partial charge in [0.25, 0.3) is 0 Å². The molecule has 1 nitrogen and oxygen atoms in total. The maximum absolute atomic E-state index is 5.84. The zero-order chi connectivity index (χ0) is 6.97. The highest BCUT2D eigenvalue weighted by atomic mass is 35.5. The van der Waals surface area contributed by atoms with Gasteiger partial charge in [0.1, 0.15) is 0 Å². The Morgan fingerprint density at radius 3 is 3.20 bits per heavy atom. The Bertz CT molecular complexity index is 355. The maximum atomic E-state index is 5.84. The third-order valence-corrected chi connectivity index (χ3v) is 2.53. The summed E-state index contributed by atoms with van der Waals surface area (Å²) in [6.45, 7) is 0. The first kappa shape index (κ1) is 6.13. The summed E-state index contributed by atoms with van der Waals surface area (Å²) in [5, 5.41) is 0.736. The second kappa shape index (κ2) is 2.22. The van der Waals surface area contributed by atoms with E-state index >= 15 is 0 Å². The lowest BCUT2D eigenvalue weighted by atomic mass is 10.3. The van der Waals surface area contributed by atoms with Gasteiger partial charge in [-0.25, -0.2) is 4.98 Å². The van der Waals surface area contributed by atoms with Crippen molar-refractivity contribution in [3.05, 3.63) is 28.7 Å². The number of nitrogens with zero attached hydrogens (tertiary/aromatic N) is 1. The summed E-state index contributed by atoms with van der Waals surface area (Å²) >= 11 is 7.39. The van der Waals surface area contributed by atoms with E-state index in [-0.39, 0.29) is 0 Å². The molecule has 0 unspecified atom stereocenters. The normalized spacial score (nSPS) is 10.5. The number of aromatic nitrogens is 1. The Balaban J connectivity index is 2.95. The molecule has 1 aromatic heterocycles. The number of rotatable bonds is 0. The second-order valence-corrected chi connectivity index (χ2v) is 3.13. The summed E-state index contributed by atoms with van der Waals surface area (Å²) in [5.74, 6) is 0. The standard InChI is InChI=1S/C7H3ClNS/c8-5-2-1-3-6-7(5)10-4-9-6/h2-4H. The Hall–Kier alpha value is -0.600. The van der Waals surface area contributed by atoms with Crippen molar-refractivity contribution in [1.29, 1.82) is 0 Å². The quantitative estimate of drug-likeness (QED) is 0.590. The van der Waals surface area contributed by atoms with Crippen molar-refractivity contribution in [2.24, 2.45) is 0 Å². The number of thiazole rings is 1. The van der Waals surface area contributed by atoms with Crippen molar-refractivity contribution >= 4 is 33.2 Å². The molecule has 0 saturated heterocycles. The van der Waals surface area contributed by atoms with Crippen molar-refractivity contribution in [3.8, 4) is 0 Å². The molecular weight excluding hydrogens is 166 g/mol. The van der Waals surface area contributed by atoms with Crippen LogP contribution in [0.4, 0.5) is 0 Å². The van der Waals surface area contributed by atoms with E-state index in [4.69, 9.17) is 11.6 Å². The molecule has 2 rings (SSSR count). The number of fused-ring (bicyclic) bond motifs is 1. The molecule has 0 aliphatic rings. The van der Waals surface area contributed by atoms with E-state index in [1.807, 2.05) is 6.07 Å². The van der Waals surface area contributed by atoms with Gasteiger partial charge in [0, 0.05) is 0 Å². The van der Waals surface area contributed by atoms with Crippen LogP contribution in [0.3, 0.4) is 0 Å². The van der Waals surface area contributed by atoms with E-state index in [2.05, 4.69) is 11.1 Å². The smallest absolute Gasteiger partial charge is 0.0833 e. The summed E-state index contributed by atoms with van der Waals surface area (Å²) in [7, 11) is 0. The Morgan fingerprint density at radius 1 is 1.50 bits per heavy atom. The highest BCUT2D eigenvalue weighted by Gasteiger charge is 1.98. The van der Waals surface area contributed by atoms with Crippen LogP contribution >= 0.6 is 22.9 Å². The molecule has 0 amide bonds. The predicted molar refractivity (Wildman–Crippen MR) is 43.5 cm³/mol. The molecule has 1 radical (unpaired) electrons. The van der Waals surface area contributed by atoms with Gasteiger partial charge >= 0.3 is 0 Å². The molecular formula is C7H3ClNS. The SMILES string of the molecule is Clc1c[c]cc2ncsc12. The lowest BCUT2D eigenvalue weighted by molar-refractivity contribution is 1.50. The van der Waals surface area contributed by atoms with Gasteiger partial charge in [-0.05, 0) is 18.2 Å². The first-order chi connectivity index (χ1) is 4.88. The minimum atomic E-state index is 0.736. The van der Waals surface area contributed by atoms with Crippen LogP contribution in [-0.4, -0.2) is 4.98 Å². The van der Waals surface area contributed by atoms with Gasteiger partial charge in [0.15, 0.2) is 0 Å². The zero-order valence-electron chi connectivity index (χ0n) is 4.97. The van der Waals surface area contributed by atoms with Gasteiger partial charge in [-0.3, -0.25) is 0 Å². The predicted octanol–water partition coefficient (Wildman–Crippen LogP) is 2.75. The van der Waals surface area contributed by atoms with E-state index in [1.54, 1.807) is 22.9 Å². The van der Waals surface area contributed by atoms with Crippen LogP contribution in [0.1, 0.15) is 0 Å². The minimum absolute atomic E-state index is 0.736. The van der Waals surface area contributed by atoms with E-state index in [0.717, 1.165) is 15.2 Å². The van der Waals surface area contributed by atoms with Crippen LogP contribution in [0.25, 0.3) is 10.2 Å². The summed E-state index contributed by atoms with van der Waals surface area (Å²) in [5.41, 5.74) is 2.71. The lowest BCUT2D eigenvalue weighted by Crippen LogP contribution is -1.66. The molecule has 10 heavy (non-hydrogen) atoms. The van der Waals surface area contributed by atoms with Crippen LogP contribution in [0.2, 0.25) is 5.02 Å². The van der Waals surface area contributed by atoms with Crippen molar-refractivity contribution in [1.82, 2.24) is 4.98 Å². The molecule has 0 aliphatic heterocycles. The van der Waals surface area contributed by atoms with E-state index < -0.39 is 0 Å². The summed E-state index contributed by atoms with van der Waals surface area (Å²) in [6.07, 6.45) is 0. The molecule has 3 heteroatoms. The molecule has 2 aromatic rings. The first-order valence-corrected chi connectivity index (χ1v) is 4.02. The van der Waals surface area contributed by atoms with Crippen LogP contribution in [0.5, 0.6) is 0 Å². The third-order valence-electron chi connectivity index (χ3n) is 1.24. The molecule has 1 aromatic carbocycles. The van der Waals surface area contributed by atoms with Gasteiger partial charge in [-0.15, -0.1) is 11.3 Å². The average molecular weight is 169 g/mol. The topological polar surface area (TPSA) is 12.9 Å². The molecule has 0 saturated carbocycles. The number of halogens is 1. The van der Waals surface area contributed by atoms with Crippen molar-refractivity contribution in [2.75, 3.05) is 0 Å². The van der Waals surface area contributed by atoms with Gasteiger partial charge in [0.05, 0.1) is 20.7 Å². The summed E-state index contributed by atoms with van der Waals surface area (Å²) in [6, 6.07) is 6.49. The molecule has 1 heterocycles. The highest BCUT2D eigenvalue weighted by molar-refractivity contribution is 7.17. The van der Waals surface area contributed by atoms with Gasteiger partial charge < -0.3 is 0 Å². The lowest BCUT2D eigenvalue weighted by Gasteiger charge is -1.87. The number of hydrogen-bond donors (Lipinski definition) is 0. The molecule has 0 N–H and O–H groups in total. The Kier molecular flexibility index (Phi) is 1.36. The molecule has 0 spiro atoms. The van der Waals surface area contributed by atoms with Crippen LogP contribution < -0.4 is 0 Å². The molecule has 0 atom stereocenters. The average Bonchev–Trinajstić information content (AvgIpc) is 2.36. The molecule has 0 bridgehead atoms. The van der Waals surface area contributed by atoms with Crippen LogP contribution in [-0.2, 0) is 0 Å². The molecule has 49 valence electrons. The van der Waals surface area contributed by atoms with Crippen molar-refractivity contribution in [3.63, 3.8) is 0 Å². The zero-order valence-corrected chi connectivity index (χ0v) is 6.54. The Labute approximate surface area is 67.3 Å². The molecule has 0 fully saturated rings. The fraction of sp³-hybridized carbons (Fsp3) is 0. The minimum Gasteiger partial charge on any atom is -0.245 e. The third kappa shape index (κ3) is 0.805. The number of hydrogen-bond acceptors (Lipinski definition) is 2. The maximum Gasteiger partial charge on any atom is 0.0833 e. The monoisotopic (exact) mass is 168 g/mol. The van der Waals surface area contributed by atoms with Gasteiger partial charge in [-0.2, -0.15) is 0 Å². The van der Waals surface area contributed by atoms with Crippen LogP contribution in [0, 0.1) is 6.07 Å². The van der Waals surface area contributed by atoms with Gasteiger partial charge in [-0.1, -0.05) is 11.6 Å². The second-order valence-electron chi connectivity index (χ2n) is 1.87. The van der Waals surface area contributed by atoms with E-state index in [9.17, 15) is 0 Å². The van der Waals surface area contributed by atoms with Crippen molar-refractivity contribution in [2.45, 2.75) is 0 Å². The van der Waals surface area contributed by atoms with Crippen LogP contribution in [0.15, 0.2) is 17.6 Å². The number of benzene rings is 1. The fourth-order valence-corrected chi connectivity index (χ4v) is 1.76. The largest absolute Gasteiger partial charge is 0.245 e. The van der Waals surface area contributed by atoms with Gasteiger partial charge in [0.2, 0.25) is 0 Å². The summed E-state index contributed by atoms with van der Waals surface area (Å²) in [4.78, 5) is 4.08. The Morgan fingerprint density at radius 2 is 2.40 bits per heavy atom. The first-order valence-electron chi connectivity index (χ1n) is 2.77. The highest BCUT2D eigenvalue weighted by Crippen LogP contribution is 2.25. The summed E-state index contributed by atoms with van der Waals surface area (Å²) < 4.78 is 1.04. The molecule has 0 aliphatic carbocycles. The fourth-order valence-electron chi connectivity index (χ4n) is 0.796. The van der Waals surface area contributed by atoms with E-state index in [1.165, 1.54) is 0 Å². The van der Waals surface area contributed by atoms with E-state index in [0.29, 0.717) is 0 Å².